The van der Waals surface area contributed by atoms with Crippen molar-refractivity contribution < 1.29 is 14.7 Å². The van der Waals surface area contributed by atoms with Crippen LogP contribution in [0.25, 0.3) is 0 Å². The first kappa shape index (κ1) is 10.5. The van der Waals surface area contributed by atoms with Crippen molar-refractivity contribution in [3.63, 3.8) is 0 Å². The highest BCUT2D eigenvalue weighted by Crippen LogP contribution is 1.99. The van der Waals surface area contributed by atoms with E-state index in [9.17, 15) is 9.59 Å². The van der Waals surface area contributed by atoms with Crippen molar-refractivity contribution in [3.05, 3.63) is 18.2 Å². The molecule has 0 radical (unpaired) electrons. The average molecular weight is 218 g/mol. The molecule has 1 aromatic rings. The zero-order chi connectivity index (χ0) is 10.6. The molecule has 14 heavy (non-hydrogen) atoms. The molecule has 0 saturated carbocycles. The van der Waals surface area contributed by atoms with Gasteiger partial charge in [-0.1, -0.05) is 0 Å². The van der Waals surface area contributed by atoms with Crippen LogP contribution in [0.2, 0.25) is 0 Å². The van der Waals surface area contributed by atoms with Crippen molar-refractivity contribution in [3.8, 4) is 0 Å². The lowest BCUT2D eigenvalue weighted by Gasteiger charge is -2.10. The Kier molecular flexibility index (Phi) is 3.47. The first-order valence-corrected chi connectivity index (χ1v) is 4.13. The van der Waals surface area contributed by atoms with Gasteiger partial charge in [-0.3, -0.25) is 4.79 Å². The molecular formula is C7H8ClN3O3. The van der Waals surface area contributed by atoms with Crippen molar-refractivity contribution in [2.45, 2.75) is 12.5 Å². The average Bonchev–Trinajstić information content (AvgIpc) is 2.54. The molecule has 3 N–H and O–H groups in total. The predicted octanol–water partition coefficient (Wildman–Crippen LogP) is 0.354. The number of hydrogen-bond donors (Lipinski definition) is 3. The first-order valence-electron chi connectivity index (χ1n) is 3.75. The van der Waals surface area contributed by atoms with Crippen LogP contribution >= 0.6 is 11.6 Å². The van der Waals surface area contributed by atoms with Crippen LogP contribution < -0.4 is 5.32 Å². The maximum atomic E-state index is 10.7. The number of carboxylic acids is 1. The van der Waals surface area contributed by atoms with E-state index in [2.05, 4.69) is 15.3 Å². The SMILES string of the molecule is O=C(Cl)N[C@@H](Cc1cnc[nH]1)C(=O)O. The molecule has 1 amide bonds. The monoisotopic (exact) mass is 217 g/mol. The Balaban J connectivity index is 2.60. The number of aromatic amines is 1. The third-order valence-electron chi connectivity index (χ3n) is 1.56. The van der Waals surface area contributed by atoms with E-state index in [0.29, 0.717) is 5.69 Å². The van der Waals surface area contributed by atoms with Gasteiger partial charge in [-0.15, -0.1) is 0 Å². The summed E-state index contributed by atoms with van der Waals surface area (Å²) in [7, 11) is 0. The van der Waals surface area contributed by atoms with E-state index in [1.54, 1.807) is 0 Å². The molecule has 0 unspecified atom stereocenters. The quantitative estimate of drug-likeness (QED) is 0.501. The molecule has 0 spiro atoms. The molecule has 0 saturated heterocycles. The lowest BCUT2D eigenvalue weighted by molar-refractivity contribution is -0.139. The van der Waals surface area contributed by atoms with Gasteiger partial charge in [-0.05, 0) is 11.6 Å². The highest BCUT2D eigenvalue weighted by Gasteiger charge is 2.19. The number of imidazole rings is 1. The summed E-state index contributed by atoms with van der Waals surface area (Å²) >= 11 is 5.02. The van der Waals surface area contributed by atoms with E-state index in [-0.39, 0.29) is 6.42 Å². The summed E-state index contributed by atoms with van der Waals surface area (Å²) in [5.74, 6) is -1.14. The van der Waals surface area contributed by atoms with Gasteiger partial charge in [0, 0.05) is 18.3 Å². The van der Waals surface area contributed by atoms with E-state index < -0.39 is 17.4 Å². The second-order valence-electron chi connectivity index (χ2n) is 2.59. The molecule has 1 aromatic heterocycles. The Bertz CT molecular complexity index is 325. The number of carboxylic acid groups (broad SMARTS) is 1. The number of nitrogens with zero attached hydrogens (tertiary/aromatic N) is 1. The molecule has 0 aliphatic heterocycles. The van der Waals surface area contributed by atoms with Crippen LogP contribution in [-0.2, 0) is 11.2 Å². The Labute approximate surface area is 84.3 Å². The van der Waals surface area contributed by atoms with Gasteiger partial charge in [0.25, 0.3) is 0 Å². The molecule has 0 aliphatic rings. The molecule has 1 atom stereocenters. The number of aromatic nitrogens is 2. The Morgan fingerprint density at radius 3 is 2.86 bits per heavy atom. The largest absolute Gasteiger partial charge is 0.480 e. The van der Waals surface area contributed by atoms with Crippen LogP contribution in [0.5, 0.6) is 0 Å². The van der Waals surface area contributed by atoms with Gasteiger partial charge in [-0.25, -0.2) is 9.78 Å². The predicted molar refractivity (Wildman–Crippen MR) is 48.1 cm³/mol. The van der Waals surface area contributed by atoms with Gasteiger partial charge in [-0.2, -0.15) is 0 Å². The van der Waals surface area contributed by atoms with Gasteiger partial charge in [0.1, 0.15) is 6.04 Å². The van der Waals surface area contributed by atoms with E-state index in [1.807, 2.05) is 0 Å². The van der Waals surface area contributed by atoms with Crippen molar-refractivity contribution in [1.82, 2.24) is 15.3 Å². The molecule has 0 aromatic carbocycles. The minimum atomic E-state index is -1.14. The summed E-state index contributed by atoms with van der Waals surface area (Å²) in [5.41, 5.74) is 0.614. The number of carbonyl (C=O) groups is 2. The van der Waals surface area contributed by atoms with E-state index in [0.717, 1.165) is 0 Å². The van der Waals surface area contributed by atoms with Gasteiger partial charge in [0.05, 0.1) is 6.33 Å². The summed E-state index contributed by atoms with van der Waals surface area (Å²) in [5, 5.41) is 9.92. The standard InChI is InChI=1S/C7H8ClN3O3/c8-7(14)11-5(6(12)13)1-4-2-9-3-10-4/h2-3,5H,1H2,(H,9,10)(H,11,14)(H,12,13)/t5-/m0/s1. The van der Waals surface area contributed by atoms with Gasteiger partial charge >= 0.3 is 11.3 Å². The van der Waals surface area contributed by atoms with Crippen LogP contribution in [0.4, 0.5) is 4.79 Å². The zero-order valence-corrected chi connectivity index (χ0v) is 7.78. The van der Waals surface area contributed by atoms with Crippen molar-refractivity contribution in [1.29, 1.82) is 0 Å². The highest BCUT2D eigenvalue weighted by molar-refractivity contribution is 6.63. The minimum absolute atomic E-state index is 0.119. The first-order chi connectivity index (χ1) is 6.59. The Morgan fingerprint density at radius 1 is 1.71 bits per heavy atom. The molecule has 0 fully saturated rings. The molecule has 6 nitrogen and oxygen atoms in total. The summed E-state index contributed by atoms with van der Waals surface area (Å²) in [6.45, 7) is 0. The van der Waals surface area contributed by atoms with Crippen molar-refractivity contribution >= 4 is 22.9 Å². The number of rotatable bonds is 4. The third-order valence-corrected chi connectivity index (χ3v) is 1.67. The molecule has 76 valence electrons. The molecule has 7 heteroatoms. The number of aliphatic carboxylic acids is 1. The highest BCUT2D eigenvalue weighted by atomic mass is 35.5. The topological polar surface area (TPSA) is 95.1 Å². The number of halogens is 1. The van der Waals surface area contributed by atoms with Crippen LogP contribution in [-0.4, -0.2) is 32.5 Å². The number of amides is 1. The number of H-pyrrole nitrogens is 1. The third kappa shape index (κ3) is 3.06. The molecular weight excluding hydrogens is 210 g/mol. The van der Waals surface area contributed by atoms with E-state index in [1.165, 1.54) is 12.5 Å². The maximum Gasteiger partial charge on any atom is 0.326 e. The fraction of sp³-hybridized carbons (Fsp3) is 0.286. The normalized spacial score (nSPS) is 12.1. The lowest BCUT2D eigenvalue weighted by Crippen LogP contribution is -2.39. The number of hydrogen-bond acceptors (Lipinski definition) is 3. The fourth-order valence-electron chi connectivity index (χ4n) is 0.953. The minimum Gasteiger partial charge on any atom is -0.480 e. The molecule has 0 aliphatic carbocycles. The van der Waals surface area contributed by atoms with E-state index >= 15 is 0 Å². The summed E-state index contributed by atoms with van der Waals surface area (Å²) in [6.07, 6.45) is 3.03. The van der Waals surface area contributed by atoms with Crippen LogP contribution in [0.1, 0.15) is 5.69 Å². The molecule has 1 heterocycles. The van der Waals surface area contributed by atoms with Crippen LogP contribution in [0.15, 0.2) is 12.5 Å². The lowest BCUT2D eigenvalue weighted by atomic mass is 10.2. The van der Waals surface area contributed by atoms with E-state index in [4.69, 9.17) is 16.7 Å². The summed E-state index contributed by atoms with van der Waals surface area (Å²) < 4.78 is 0. The number of nitrogens with one attached hydrogen (secondary N) is 2. The molecule has 0 bridgehead atoms. The zero-order valence-electron chi connectivity index (χ0n) is 7.03. The smallest absolute Gasteiger partial charge is 0.326 e. The fourth-order valence-corrected chi connectivity index (χ4v) is 1.08. The second kappa shape index (κ2) is 4.61. The van der Waals surface area contributed by atoms with Crippen molar-refractivity contribution in [2.24, 2.45) is 0 Å². The van der Waals surface area contributed by atoms with Gasteiger partial charge < -0.3 is 15.4 Å². The summed E-state index contributed by atoms with van der Waals surface area (Å²) in [6, 6.07) is -1.04. The molecule has 1 rings (SSSR count). The van der Waals surface area contributed by atoms with Crippen LogP contribution in [0.3, 0.4) is 0 Å². The van der Waals surface area contributed by atoms with Crippen LogP contribution in [0, 0.1) is 0 Å². The van der Waals surface area contributed by atoms with Gasteiger partial charge in [0.2, 0.25) is 0 Å². The van der Waals surface area contributed by atoms with Gasteiger partial charge in [0.15, 0.2) is 0 Å². The Hall–Kier alpha value is -1.56. The second-order valence-corrected chi connectivity index (χ2v) is 2.93. The number of carbonyl (C=O) groups excluding carboxylic acids is 1. The van der Waals surface area contributed by atoms with Crippen molar-refractivity contribution in [2.75, 3.05) is 0 Å². The maximum absolute atomic E-state index is 10.7. The summed E-state index contributed by atoms with van der Waals surface area (Å²) in [4.78, 5) is 27.6. The Morgan fingerprint density at radius 2 is 2.43 bits per heavy atom.